The number of nitrogens with zero attached hydrogens (tertiary/aromatic N) is 6. The zero-order valence-electron chi connectivity index (χ0n) is 26.1. The average molecular weight is 804 g/mol. The summed E-state index contributed by atoms with van der Waals surface area (Å²) in [5.74, 6) is -0.487. The average Bonchev–Trinajstić information content (AvgIpc) is 3.74. The number of imidazole rings is 2. The van der Waals surface area contributed by atoms with Gasteiger partial charge in [-0.2, -0.15) is 13.6 Å². The Kier molecular flexibility index (Phi) is 10.3. The standard InChI is InChI=1S/C21H31N10O18P3/c1-29-5-31(15-9(29)17(37)28-21(23)26-15)19-13(35)11(33)7(47-19)3-45-51(40,41)49-52(42,43)48-50(38,39)44-2-6-10(32)12(34)18(46-6)30-4-24-8-14(30)25-20(22)27-16(8)36/h4-7,10-13,17-19,32-35H,2-3H2,1H3,(H,38,39)(H,40,41)(H,42,43)(H3,23,26,28)(H3,22,25,27,36)/t6-,7-,10-,11-,12-,13-,17?,18-,19-/m1/s1. The van der Waals surface area contributed by atoms with Crippen molar-refractivity contribution in [3.8, 4) is 0 Å². The van der Waals surface area contributed by atoms with Gasteiger partial charge in [-0.05, 0) is 0 Å². The fourth-order valence-electron chi connectivity index (χ4n) is 5.54. The van der Waals surface area contributed by atoms with Crippen molar-refractivity contribution in [3.63, 3.8) is 0 Å². The highest BCUT2D eigenvalue weighted by molar-refractivity contribution is 7.66. The Labute approximate surface area is 288 Å². The second-order valence-electron chi connectivity index (χ2n) is 11.4. The van der Waals surface area contributed by atoms with Gasteiger partial charge < -0.3 is 61.2 Å². The summed E-state index contributed by atoms with van der Waals surface area (Å²) in [5.41, 5.74) is 10.2. The molecule has 2 fully saturated rings. The molecule has 0 saturated carbocycles. The molecule has 12 atom stereocenters. The number of nitrogen functional groups attached to an aromatic ring is 1. The van der Waals surface area contributed by atoms with Crippen molar-refractivity contribution in [3.05, 3.63) is 28.7 Å². The van der Waals surface area contributed by atoms with E-state index in [1.54, 1.807) is 0 Å². The van der Waals surface area contributed by atoms with Crippen LogP contribution in [-0.2, 0) is 47.9 Å². The van der Waals surface area contributed by atoms with E-state index in [-0.39, 0.29) is 34.6 Å². The normalized spacial score (nSPS) is 32.5. The maximum Gasteiger partial charge on any atom is 0.490 e. The Bertz CT molecular complexity index is 2090. The number of aliphatic imine (C=N–C) groups is 1. The minimum Gasteiger partial charge on any atom is -0.829 e. The van der Waals surface area contributed by atoms with E-state index in [0.717, 1.165) is 10.9 Å². The largest absolute Gasteiger partial charge is 0.829 e. The van der Waals surface area contributed by atoms with E-state index >= 15 is 0 Å². The molecule has 6 rings (SSSR count). The maximum atomic E-state index is 12.5. The van der Waals surface area contributed by atoms with Crippen LogP contribution in [0, 0.1) is 0 Å². The number of aliphatic hydroxyl groups excluding tert-OH is 4. The van der Waals surface area contributed by atoms with Crippen molar-refractivity contribution in [2.45, 2.75) is 55.3 Å². The number of fused-ring (bicyclic) bond motifs is 2. The number of nitrogens with two attached hydrogens (primary N) is 2. The predicted molar refractivity (Wildman–Crippen MR) is 162 cm³/mol. The number of aryl methyl sites for hydroxylation is 1. The van der Waals surface area contributed by atoms with Crippen LogP contribution < -0.4 is 32.0 Å². The second kappa shape index (κ2) is 13.9. The number of aliphatic hydroxyl groups is 4. The third-order valence-corrected chi connectivity index (χ3v) is 12.1. The van der Waals surface area contributed by atoms with Gasteiger partial charge in [0.05, 0.1) is 26.6 Å². The molecule has 13 N–H and O–H groups in total. The van der Waals surface area contributed by atoms with Crippen LogP contribution in [0.4, 0.5) is 11.8 Å². The number of ether oxygens (including phenoxy) is 2. The number of phosphoric ester groups is 2. The van der Waals surface area contributed by atoms with E-state index in [4.69, 9.17) is 20.9 Å². The van der Waals surface area contributed by atoms with Crippen LogP contribution in [-0.4, -0.2) is 115 Å². The Morgan fingerprint density at radius 3 is 2.19 bits per heavy atom. The summed E-state index contributed by atoms with van der Waals surface area (Å²) in [6.45, 7) is -2.17. The molecule has 28 nitrogen and oxygen atoms in total. The molecule has 0 radical (unpaired) electrons. The van der Waals surface area contributed by atoms with Crippen LogP contribution in [0.1, 0.15) is 24.4 Å². The SMILES string of the molecule is Cn1c[n+]([C@@H]2O[C@H](COP(=O)(O)OP(=O)(O)OP(=O)(O)OC[C@H]3O[C@@H](n4cnc5c(=O)[nH]c(N)nc54)[C@H](O)[C@@H]3O)[C@@H](O)[C@H]2O)c2c1C([O-])N=C(N)N2. The Hall–Kier alpha value is -3.24. The summed E-state index contributed by atoms with van der Waals surface area (Å²) in [7, 11) is -15.9. The number of aromatic nitrogens is 6. The van der Waals surface area contributed by atoms with Gasteiger partial charge in [0.15, 0.2) is 29.4 Å². The molecule has 52 heavy (non-hydrogen) atoms. The van der Waals surface area contributed by atoms with E-state index in [9.17, 15) is 58.7 Å². The van der Waals surface area contributed by atoms with Crippen LogP contribution in [0.15, 0.2) is 22.4 Å². The van der Waals surface area contributed by atoms with Crippen LogP contribution in [0.25, 0.3) is 11.2 Å². The van der Waals surface area contributed by atoms with Crippen molar-refractivity contribution >= 4 is 52.4 Å². The lowest BCUT2D eigenvalue weighted by molar-refractivity contribution is -0.753. The first kappa shape index (κ1) is 38.5. The smallest absolute Gasteiger partial charge is 0.490 e. The molecule has 0 amide bonds. The number of H-pyrrole nitrogens is 1. The maximum absolute atomic E-state index is 12.5. The first-order chi connectivity index (χ1) is 24.2. The van der Waals surface area contributed by atoms with Crippen molar-refractivity contribution in [1.29, 1.82) is 0 Å². The molecular formula is C21H31N10O18P3. The van der Waals surface area contributed by atoms with Gasteiger partial charge in [-0.1, -0.05) is 0 Å². The van der Waals surface area contributed by atoms with Gasteiger partial charge in [-0.25, -0.2) is 33.6 Å². The van der Waals surface area contributed by atoms with Crippen molar-refractivity contribution in [1.82, 2.24) is 24.1 Å². The van der Waals surface area contributed by atoms with Crippen molar-refractivity contribution in [2.75, 3.05) is 24.3 Å². The first-order valence-corrected chi connectivity index (χ1v) is 19.0. The zero-order chi connectivity index (χ0) is 38.1. The number of anilines is 2. The molecule has 3 aromatic rings. The van der Waals surface area contributed by atoms with Crippen LogP contribution in [0.2, 0.25) is 0 Å². The summed E-state index contributed by atoms with van der Waals surface area (Å²) in [6, 6.07) is 0. The molecule has 0 spiro atoms. The van der Waals surface area contributed by atoms with Gasteiger partial charge in [0.1, 0.15) is 36.6 Å². The molecule has 4 unspecified atom stereocenters. The molecule has 31 heteroatoms. The number of phosphoric acid groups is 3. The highest BCUT2D eigenvalue weighted by atomic mass is 31.3. The van der Waals surface area contributed by atoms with Crippen LogP contribution in [0.3, 0.4) is 0 Å². The Morgan fingerprint density at radius 2 is 1.56 bits per heavy atom. The third kappa shape index (κ3) is 7.57. The van der Waals surface area contributed by atoms with Crippen LogP contribution in [0.5, 0.6) is 0 Å². The summed E-state index contributed by atoms with van der Waals surface area (Å²) in [6.07, 6.45) is -12.5. The van der Waals surface area contributed by atoms with E-state index in [1.807, 2.05) is 0 Å². The molecule has 3 aromatic heterocycles. The molecule has 2 saturated heterocycles. The van der Waals surface area contributed by atoms with Crippen molar-refractivity contribution < 1.29 is 85.6 Å². The molecule has 288 valence electrons. The van der Waals surface area contributed by atoms with Gasteiger partial charge in [-0.3, -0.25) is 28.0 Å². The minimum atomic E-state index is -6.00. The zero-order valence-corrected chi connectivity index (χ0v) is 28.7. The van der Waals surface area contributed by atoms with Gasteiger partial charge in [0, 0.05) is 6.23 Å². The van der Waals surface area contributed by atoms with Gasteiger partial charge >= 0.3 is 23.5 Å². The first-order valence-electron chi connectivity index (χ1n) is 14.5. The molecule has 0 aromatic carbocycles. The Balaban J connectivity index is 1.03. The quantitative estimate of drug-likeness (QED) is 0.0601. The molecule has 0 aliphatic carbocycles. The number of hydrogen-bond acceptors (Lipinski definition) is 21. The fraction of sp³-hybridized carbons (Fsp3) is 0.571. The summed E-state index contributed by atoms with van der Waals surface area (Å²) in [4.78, 5) is 55.7. The van der Waals surface area contributed by atoms with Crippen LogP contribution >= 0.6 is 23.5 Å². The number of nitrogens with one attached hydrogen (secondary N) is 2. The second-order valence-corrected chi connectivity index (χ2v) is 16.0. The highest BCUT2D eigenvalue weighted by Crippen LogP contribution is 2.67. The number of hydrogen-bond donors (Lipinski definition) is 11. The lowest BCUT2D eigenvalue weighted by atomic mass is 10.1. The van der Waals surface area contributed by atoms with E-state index in [1.165, 1.54) is 22.5 Å². The Morgan fingerprint density at radius 1 is 0.962 bits per heavy atom. The van der Waals surface area contributed by atoms with Gasteiger partial charge in [-0.15, -0.1) is 0 Å². The lowest BCUT2D eigenvalue weighted by Gasteiger charge is -2.22. The summed E-state index contributed by atoms with van der Waals surface area (Å²) in [5, 5.41) is 57.1. The molecule has 3 aliphatic heterocycles. The summed E-state index contributed by atoms with van der Waals surface area (Å²) >= 11 is 0. The monoisotopic (exact) mass is 804 g/mol. The van der Waals surface area contributed by atoms with Gasteiger partial charge in [0.2, 0.25) is 12.2 Å². The predicted octanol–water partition coefficient (Wildman–Crippen LogP) is -5.27. The van der Waals surface area contributed by atoms with Crippen molar-refractivity contribution in [2.24, 2.45) is 17.8 Å². The van der Waals surface area contributed by atoms with Gasteiger partial charge in [0.25, 0.3) is 17.3 Å². The number of guanidine groups is 1. The molecule has 0 bridgehead atoms. The van der Waals surface area contributed by atoms with E-state index in [0.29, 0.717) is 0 Å². The third-order valence-electron chi connectivity index (χ3n) is 7.81. The highest BCUT2D eigenvalue weighted by Gasteiger charge is 2.50. The molecule has 3 aliphatic rings. The minimum absolute atomic E-state index is 0.0653. The summed E-state index contributed by atoms with van der Waals surface area (Å²) < 4.78 is 69.2. The van der Waals surface area contributed by atoms with E-state index in [2.05, 4.69) is 42.9 Å². The topological polar surface area (TPSA) is 420 Å². The fourth-order valence-corrected chi connectivity index (χ4v) is 9.06. The molecule has 6 heterocycles. The lowest BCUT2D eigenvalue weighted by Crippen LogP contribution is -2.49. The number of aromatic amines is 1. The molecular weight excluding hydrogens is 773 g/mol. The van der Waals surface area contributed by atoms with E-state index < -0.39 is 97.5 Å². The number of rotatable bonds is 12.